The van der Waals surface area contributed by atoms with Gasteiger partial charge in [0.15, 0.2) is 5.11 Å². The van der Waals surface area contributed by atoms with Crippen molar-refractivity contribution in [2.45, 2.75) is 39.4 Å². The van der Waals surface area contributed by atoms with Gasteiger partial charge in [0.25, 0.3) is 0 Å². The summed E-state index contributed by atoms with van der Waals surface area (Å²) in [7, 11) is 0. The number of rotatable bonds is 7. The smallest absolute Gasteiger partial charge is 0.226 e. The minimum absolute atomic E-state index is 0.00495. The lowest BCUT2D eigenvalue weighted by Crippen LogP contribution is -2.30. The monoisotopic (exact) mass is 510 g/mol. The normalized spacial score (nSPS) is 17.2. The molecule has 7 nitrogen and oxygen atoms in total. The molecule has 1 aliphatic heterocycles. The average molecular weight is 511 g/mol. The minimum atomic E-state index is -0.147. The molecule has 2 N–H and O–H groups in total. The number of aryl methyl sites for hydroxylation is 1. The molecule has 1 aromatic carbocycles. The summed E-state index contributed by atoms with van der Waals surface area (Å²) >= 11 is 5.90. The Hall–Kier alpha value is -4.04. The highest BCUT2D eigenvalue weighted by atomic mass is 32.1. The van der Waals surface area contributed by atoms with Crippen LogP contribution in [0.3, 0.4) is 0 Å². The first-order valence-electron chi connectivity index (χ1n) is 12.4. The Kier molecular flexibility index (Phi) is 7.01. The summed E-state index contributed by atoms with van der Waals surface area (Å²) in [6.45, 7) is 6.42. The quantitative estimate of drug-likeness (QED) is 0.324. The number of aromatic nitrogens is 3. The predicted octanol–water partition coefficient (Wildman–Crippen LogP) is 5.41. The number of hydrogen-bond donors (Lipinski definition) is 2. The van der Waals surface area contributed by atoms with Crippen molar-refractivity contribution < 1.29 is 4.79 Å². The van der Waals surface area contributed by atoms with Gasteiger partial charge in [-0.15, -0.1) is 0 Å². The van der Waals surface area contributed by atoms with Crippen LogP contribution in [0, 0.1) is 12.8 Å². The summed E-state index contributed by atoms with van der Waals surface area (Å²) < 4.78 is 2.22. The van der Waals surface area contributed by atoms with Gasteiger partial charge in [-0.25, -0.2) is 0 Å². The first kappa shape index (κ1) is 24.6. The van der Waals surface area contributed by atoms with Crippen molar-refractivity contribution in [1.82, 2.24) is 19.9 Å². The summed E-state index contributed by atoms with van der Waals surface area (Å²) in [6, 6.07) is 21.8. The van der Waals surface area contributed by atoms with E-state index in [4.69, 9.17) is 12.2 Å². The van der Waals surface area contributed by atoms with Crippen LogP contribution in [-0.4, -0.2) is 25.6 Å². The summed E-state index contributed by atoms with van der Waals surface area (Å²) in [4.78, 5) is 23.6. The van der Waals surface area contributed by atoms with Gasteiger partial charge in [-0.2, -0.15) is 0 Å². The van der Waals surface area contributed by atoms with E-state index in [0.717, 1.165) is 34.0 Å². The lowest BCUT2D eigenvalue weighted by Gasteiger charge is -2.29. The maximum atomic E-state index is 12.3. The Morgan fingerprint density at radius 2 is 1.84 bits per heavy atom. The second kappa shape index (κ2) is 10.5. The molecule has 1 fully saturated rings. The zero-order valence-corrected chi connectivity index (χ0v) is 21.9. The van der Waals surface area contributed by atoms with E-state index in [9.17, 15) is 4.79 Å². The number of nitrogens with zero attached hydrogens (tertiary/aromatic N) is 4. The van der Waals surface area contributed by atoms with Gasteiger partial charge >= 0.3 is 0 Å². The third kappa shape index (κ3) is 5.11. The second-order valence-corrected chi connectivity index (χ2v) is 9.91. The Labute approximate surface area is 222 Å². The average Bonchev–Trinajstić information content (AvgIpc) is 3.49. The van der Waals surface area contributed by atoms with E-state index in [1.807, 2.05) is 81.7 Å². The summed E-state index contributed by atoms with van der Waals surface area (Å²) in [5, 5.41) is 7.18. The predicted molar refractivity (Wildman–Crippen MR) is 150 cm³/mol. The number of nitrogens with one attached hydrogen (secondary N) is 2. The fourth-order valence-corrected chi connectivity index (χ4v) is 5.00. The molecule has 37 heavy (non-hydrogen) atoms. The van der Waals surface area contributed by atoms with E-state index in [1.54, 1.807) is 0 Å². The van der Waals surface area contributed by atoms with Gasteiger partial charge in [0.2, 0.25) is 5.91 Å². The molecule has 2 unspecified atom stereocenters. The SMILES string of the molecule is Cc1cc(N2C(=S)NC(c3ccccn3)C2c2cccn2Cc2ccccn2)ccc1NC(=O)C(C)C. The fraction of sp³-hybridized carbons (Fsp3) is 0.241. The highest BCUT2D eigenvalue weighted by Crippen LogP contribution is 2.42. The molecule has 1 saturated heterocycles. The van der Waals surface area contributed by atoms with Crippen molar-refractivity contribution in [3.63, 3.8) is 0 Å². The maximum Gasteiger partial charge on any atom is 0.226 e. The third-order valence-corrected chi connectivity index (χ3v) is 6.91. The van der Waals surface area contributed by atoms with Crippen LogP contribution < -0.4 is 15.5 Å². The molecule has 2 atom stereocenters. The Morgan fingerprint density at radius 3 is 2.51 bits per heavy atom. The van der Waals surface area contributed by atoms with Crippen LogP contribution in [0.15, 0.2) is 85.3 Å². The molecule has 0 aliphatic carbocycles. The largest absolute Gasteiger partial charge is 0.351 e. The summed E-state index contributed by atoms with van der Waals surface area (Å²) in [6.07, 6.45) is 5.70. The Balaban J connectivity index is 1.55. The summed E-state index contributed by atoms with van der Waals surface area (Å²) in [5.74, 6) is -0.0977. The molecular formula is C29H30N6OS. The molecular weight excluding hydrogens is 480 g/mol. The van der Waals surface area contributed by atoms with Crippen LogP contribution >= 0.6 is 12.2 Å². The number of carbonyl (C=O) groups is 1. The number of hydrogen-bond acceptors (Lipinski definition) is 4. The number of amides is 1. The number of carbonyl (C=O) groups excluding carboxylic acids is 1. The molecule has 1 amide bonds. The second-order valence-electron chi connectivity index (χ2n) is 9.52. The molecule has 188 valence electrons. The molecule has 0 bridgehead atoms. The van der Waals surface area contributed by atoms with Crippen molar-refractivity contribution in [1.29, 1.82) is 0 Å². The molecule has 0 spiro atoms. The van der Waals surface area contributed by atoms with E-state index >= 15 is 0 Å². The van der Waals surface area contributed by atoms with Crippen LogP contribution in [-0.2, 0) is 11.3 Å². The topological polar surface area (TPSA) is 75.1 Å². The van der Waals surface area contributed by atoms with Crippen molar-refractivity contribution in [3.8, 4) is 0 Å². The van der Waals surface area contributed by atoms with Gasteiger partial charge in [0, 0.05) is 41.6 Å². The molecule has 1 aliphatic rings. The Bertz CT molecular complexity index is 1400. The lowest BCUT2D eigenvalue weighted by molar-refractivity contribution is -0.118. The van der Waals surface area contributed by atoms with Crippen molar-refractivity contribution in [3.05, 3.63) is 108 Å². The Morgan fingerprint density at radius 1 is 1.05 bits per heavy atom. The van der Waals surface area contributed by atoms with Gasteiger partial charge in [-0.05, 0) is 79.3 Å². The van der Waals surface area contributed by atoms with E-state index < -0.39 is 0 Å². The van der Waals surface area contributed by atoms with Gasteiger partial charge < -0.3 is 20.1 Å². The van der Waals surface area contributed by atoms with E-state index in [0.29, 0.717) is 11.7 Å². The molecule has 4 aromatic rings. The molecule has 5 rings (SSSR count). The number of thiocarbonyl (C=S) groups is 1. The van der Waals surface area contributed by atoms with Crippen molar-refractivity contribution >= 4 is 34.6 Å². The van der Waals surface area contributed by atoms with Crippen LogP contribution in [0.2, 0.25) is 0 Å². The molecule has 0 saturated carbocycles. The first-order valence-corrected chi connectivity index (χ1v) is 12.8. The molecule has 3 aromatic heterocycles. The zero-order chi connectivity index (χ0) is 25.9. The fourth-order valence-electron chi connectivity index (χ4n) is 4.65. The minimum Gasteiger partial charge on any atom is -0.351 e. The van der Waals surface area contributed by atoms with Crippen LogP contribution in [0.4, 0.5) is 11.4 Å². The van der Waals surface area contributed by atoms with Gasteiger partial charge in [0.05, 0.1) is 24.0 Å². The molecule has 8 heteroatoms. The number of benzene rings is 1. The van der Waals surface area contributed by atoms with Crippen molar-refractivity contribution in [2.24, 2.45) is 5.92 Å². The van der Waals surface area contributed by atoms with E-state index in [1.165, 1.54) is 0 Å². The third-order valence-electron chi connectivity index (χ3n) is 6.59. The highest BCUT2D eigenvalue weighted by Gasteiger charge is 2.42. The van der Waals surface area contributed by atoms with Gasteiger partial charge in [0.1, 0.15) is 6.04 Å². The van der Waals surface area contributed by atoms with E-state index in [-0.39, 0.29) is 23.9 Å². The molecule has 4 heterocycles. The first-order chi connectivity index (χ1) is 17.9. The summed E-state index contributed by atoms with van der Waals surface area (Å²) in [5.41, 5.74) is 5.72. The van der Waals surface area contributed by atoms with Crippen molar-refractivity contribution in [2.75, 3.05) is 10.2 Å². The number of pyridine rings is 2. The standard InChI is InChI=1S/C29H30N6OS/c1-19(2)28(36)32-23-13-12-22(17-20(23)3)35-27(26(33-29(35)37)24-10-5-7-15-31-24)25-11-8-16-34(25)18-21-9-4-6-14-30-21/h4-17,19,26-27H,18H2,1-3H3,(H,32,36)(H,33,37). The zero-order valence-electron chi connectivity index (χ0n) is 21.1. The van der Waals surface area contributed by atoms with Gasteiger partial charge in [-0.3, -0.25) is 14.8 Å². The van der Waals surface area contributed by atoms with Crippen LogP contribution in [0.1, 0.15) is 48.6 Å². The lowest BCUT2D eigenvalue weighted by atomic mass is 10.0. The van der Waals surface area contributed by atoms with Crippen LogP contribution in [0.25, 0.3) is 0 Å². The number of anilines is 2. The molecule has 0 radical (unpaired) electrons. The highest BCUT2D eigenvalue weighted by molar-refractivity contribution is 7.80. The van der Waals surface area contributed by atoms with Crippen LogP contribution in [0.5, 0.6) is 0 Å². The van der Waals surface area contributed by atoms with E-state index in [2.05, 4.69) is 54.5 Å². The maximum absolute atomic E-state index is 12.3. The van der Waals surface area contributed by atoms with Gasteiger partial charge in [-0.1, -0.05) is 26.0 Å².